The zero-order valence-electron chi connectivity index (χ0n) is 10.3. The largest absolute Gasteiger partial charge is 0.471 e. The average molecular weight is 307 g/mol. The van der Waals surface area contributed by atoms with Gasteiger partial charge in [-0.3, -0.25) is 4.79 Å². The molecule has 0 radical (unpaired) electrons. The van der Waals surface area contributed by atoms with Gasteiger partial charge >= 0.3 is 12.1 Å². The van der Waals surface area contributed by atoms with Gasteiger partial charge in [0.25, 0.3) is 0 Å². The first-order valence-corrected chi connectivity index (χ1v) is 7.69. The smallest absolute Gasteiger partial charge is 0.300 e. The quantitative estimate of drug-likeness (QED) is 0.837. The van der Waals surface area contributed by atoms with Crippen molar-refractivity contribution in [3.63, 3.8) is 0 Å². The number of rotatable bonds is 2. The van der Waals surface area contributed by atoms with Crippen molar-refractivity contribution in [2.45, 2.75) is 18.6 Å². The molecule has 20 heavy (non-hydrogen) atoms. The topological polar surface area (TPSA) is 54.5 Å². The fraction of sp³-hybridized carbons (Fsp3) is 0.417. The Labute approximate surface area is 114 Å². The summed E-state index contributed by atoms with van der Waals surface area (Å²) in [6, 6.07) is 6.33. The Morgan fingerprint density at radius 3 is 2.25 bits per heavy atom. The first-order valence-electron chi connectivity index (χ1n) is 5.86. The number of halogens is 3. The number of carbonyl (C=O) groups is 1. The Kier molecular flexibility index (Phi) is 3.77. The summed E-state index contributed by atoms with van der Waals surface area (Å²) in [5.41, 5.74) is 0.0527. The van der Waals surface area contributed by atoms with Crippen LogP contribution in [-0.2, 0) is 14.6 Å². The fourth-order valence-electron chi connectivity index (χ4n) is 2.20. The van der Waals surface area contributed by atoms with Crippen molar-refractivity contribution in [2.24, 2.45) is 0 Å². The van der Waals surface area contributed by atoms with Gasteiger partial charge in [-0.05, 0) is 18.6 Å². The summed E-state index contributed by atoms with van der Waals surface area (Å²) in [5.74, 6) is -2.68. The number of alkyl halides is 3. The lowest BCUT2D eigenvalue weighted by Crippen LogP contribution is -2.48. The molecule has 110 valence electrons. The van der Waals surface area contributed by atoms with E-state index < -0.39 is 33.7 Å². The summed E-state index contributed by atoms with van der Waals surface area (Å²) in [7, 11) is -3.39. The molecule has 2 rings (SSSR count). The van der Waals surface area contributed by atoms with E-state index in [-0.39, 0.29) is 17.9 Å². The molecular weight excluding hydrogens is 295 g/mol. The van der Waals surface area contributed by atoms with E-state index >= 15 is 0 Å². The van der Waals surface area contributed by atoms with Crippen molar-refractivity contribution in [1.29, 1.82) is 0 Å². The van der Waals surface area contributed by atoms with Gasteiger partial charge in [0.1, 0.15) is 0 Å². The molecule has 1 heterocycles. The summed E-state index contributed by atoms with van der Waals surface area (Å²) < 4.78 is 60.9. The van der Waals surface area contributed by atoms with Gasteiger partial charge in [0, 0.05) is 5.69 Å². The molecule has 0 spiro atoms. The molecule has 1 atom stereocenters. The number of hydrogen-bond donors (Lipinski definition) is 0. The minimum absolute atomic E-state index is 0.0129. The number of amides is 1. The van der Waals surface area contributed by atoms with Crippen LogP contribution in [0.1, 0.15) is 6.42 Å². The lowest BCUT2D eigenvalue weighted by molar-refractivity contribution is -0.170. The van der Waals surface area contributed by atoms with Gasteiger partial charge in [-0.15, -0.1) is 0 Å². The standard InChI is InChI=1S/C12H12F3NO3S/c13-12(14,15)11(17)16(9-4-2-1-3-5-9)10-6-7-20(18,19)8-10/h1-5,10H,6-8H2. The zero-order valence-corrected chi connectivity index (χ0v) is 11.1. The third kappa shape index (κ3) is 3.12. The van der Waals surface area contributed by atoms with Gasteiger partial charge in [0.15, 0.2) is 9.84 Å². The molecule has 1 aromatic carbocycles. The molecule has 1 saturated heterocycles. The van der Waals surface area contributed by atoms with E-state index in [4.69, 9.17) is 0 Å². The molecule has 1 unspecified atom stereocenters. The van der Waals surface area contributed by atoms with Gasteiger partial charge in [-0.2, -0.15) is 13.2 Å². The second-order valence-corrected chi connectivity index (χ2v) is 6.79. The highest BCUT2D eigenvalue weighted by atomic mass is 32.2. The molecule has 0 saturated carbocycles. The first-order chi connectivity index (χ1) is 9.21. The zero-order chi connectivity index (χ0) is 15.0. The summed E-state index contributed by atoms with van der Waals surface area (Å²) >= 11 is 0. The van der Waals surface area contributed by atoms with Gasteiger partial charge in [-0.25, -0.2) is 8.42 Å². The lowest BCUT2D eigenvalue weighted by Gasteiger charge is -2.29. The van der Waals surface area contributed by atoms with E-state index in [9.17, 15) is 26.4 Å². The van der Waals surface area contributed by atoms with Crippen LogP contribution < -0.4 is 4.90 Å². The molecule has 1 fully saturated rings. The second-order valence-electron chi connectivity index (χ2n) is 4.57. The van der Waals surface area contributed by atoms with E-state index in [2.05, 4.69) is 0 Å². The van der Waals surface area contributed by atoms with Crippen molar-refractivity contribution in [2.75, 3.05) is 16.4 Å². The Morgan fingerprint density at radius 2 is 1.80 bits per heavy atom. The van der Waals surface area contributed by atoms with Crippen LogP contribution in [-0.4, -0.2) is 38.0 Å². The van der Waals surface area contributed by atoms with Crippen LogP contribution in [0, 0.1) is 0 Å². The highest BCUT2D eigenvalue weighted by Gasteiger charge is 2.47. The van der Waals surface area contributed by atoms with Crippen LogP contribution in [0.3, 0.4) is 0 Å². The molecule has 1 amide bonds. The maximum absolute atomic E-state index is 12.7. The maximum Gasteiger partial charge on any atom is 0.471 e. The van der Waals surface area contributed by atoms with Crippen LogP contribution in [0.4, 0.5) is 18.9 Å². The van der Waals surface area contributed by atoms with Crippen molar-refractivity contribution < 1.29 is 26.4 Å². The van der Waals surface area contributed by atoms with Crippen LogP contribution in [0.15, 0.2) is 30.3 Å². The molecule has 8 heteroatoms. The molecule has 0 aromatic heterocycles. The molecule has 0 bridgehead atoms. The highest BCUT2D eigenvalue weighted by molar-refractivity contribution is 7.91. The second kappa shape index (κ2) is 5.08. The number of benzene rings is 1. The predicted octanol–water partition coefficient (Wildman–Crippen LogP) is 1.77. The molecule has 4 nitrogen and oxygen atoms in total. The van der Waals surface area contributed by atoms with E-state index in [1.165, 1.54) is 24.3 Å². The SMILES string of the molecule is O=C(N(c1ccccc1)C1CCS(=O)(=O)C1)C(F)(F)F. The summed E-state index contributed by atoms with van der Waals surface area (Å²) in [6.45, 7) is 0. The third-order valence-corrected chi connectivity index (χ3v) is 4.82. The van der Waals surface area contributed by atoms with Gasteiger partial charge < -0.3 is 4.90 Å². The fourth-order valence-corrected chi connectivity index (χ4v) is 3.90. The number of hydrogen-bond acceptors (Lipinski definition) is 3. The predicted molar refractivity (Wildman–Crippen MR) is 67.0 cm³/mol. The molecule has 0 N–H and O–H groups in total. The van der Waals surface area contributed by atoms with E-state index in [0.717, 1.165) is 0 Å². The van der Waals surface area contributed by atoms with Crippen molar-refractivity contribution in [3.8, 4) is 0 Å². The average Bonchev–Trinajstić information content (AvgIpc) is 2.70. The van der Waals surface area contributed by atoms with Crippen LogP contribution >= 0.6 is 0 Å². The van der Waals surface area contributed by atoms with Crippen molar-refractivity contribution in [3.05, 3.63) is 30.3 Å². The van der Waals surface area contributed by atoms with E-state index in [1.54, 1.807) is 6.07 Å². The number of anilines is 1. The van der Waals surface area contributed by atoms with Crippen molar-refractivity contribution >= 4 is 21.4 Å². The van der Waals surface area contributed by atoms with Crippen molar-refractivity contribution in [1.82, 2.24) is 0 Å². The van der Waals surface area contributed by atoms with Crippen LogP contribution in [0.5, 0.6) is 0 Å². The molecule has 1 aliphatic rings. The minimum Gasteiger partial charge on any atom is -0.300 e. The summed E-state index contributed by atoms with van der Waals surface area (Å²) in [5, 5.41) is 0. The van der Waals surface area contributed by atoms with Gasteiger partial charge in [0.05, 0.1) is 17.5 Å². The maximum atomic E-state index is 12.7. The van der Waals surface area contributed by atoms with Crippen LogP contribution in [0.2, 0.25) is 0 Å². The molecule has 0 aliphatic carbocycles. The van der Waals surface area contributed by atoms with Gasteiger partial charge in [0.2, 0.25) is 0 Å². The molecule has 1 aromatic rings. The summed E-state index contributed by atoms with van der Waals surface area (Å²) in [4.78, 5) is 12.1. The Bertz CT molecular complexity index is 598. The lowest BCUT2D eigenvalue weighted by atomic mass is 10.1. The van der Waals surface area contributed by atoms with Gasteiger partial charge in [-0.1, -0.05) is 18.2 Å². The third-order valence-electron chi connectivity index (χ3n) is 3.07. The normalized spacial score (nSPS) is 21.6. The highest BCUT2D eigenvalue weighted by Crippen LogP contribution is 2.29. The first kappa shape index (κ1) is 14.8. The van der Waals surface area contributed by atoms with E-state index in [0.29, 0.717) is 4.90 Å². The monoisotopic (exact) mass is 307 g/mol. The summed E-state index contributed by atoms with van der Waals surface area (Å²) in [6.07, 6.45) is -5.03. The number of nitrogens with zero attached hydrogens (tertiary/aromatic N) is 1. The Hall–Kier alpha value is -1.57. The molecule has 1 aliphatic heterocycles. The Morgan fingerprint density at radius 1 is 1.20 bits per heavy atom. The van der Waals surface area contributed by atoms with E-state index in [1.807, 2.05) is 0 Å². The number of carbonyl (C=O) groups excluding carboxylic acids is 1. The minimum atomic E-state index is -5.04. The number of sulfone groups is 1. The Balaban J connectivity index is 2.38. The molecular formula is C12H12F3NO3S. The van der Waals surface area contributed by atoms with Crippen LogP contribution in [0.25, 0.3) is 0 Å². The number of para-hydroxylation sites is 1.